The van der Waals surface area contributed by atoms with Gasteiger partial charge in [-0.1, -0.05) is 13.8 Å². The highest BCUT2D eigenvalue weighted by Crippen LogP contribution is 2.25. The van der Waals surface area contributed by atoms with Gasteiger partial charge in [0.05, 0.1) is 13.2 Å². The maximum atomic E-state index is 12.5. The van der Waals surface area contributed by atoms with Gasteiger partial charge < -0.3 is 19.9 Å². The Morgan fingerprint density at radius 1 is 1.12 bits per heavy atom. The number of ether oxygens (including phenoxy) is 1. The highest BCUT2D eigenvalue weighted by Gasteiger charge is 2.33. The third-order valence-corrected chi connectivity index (χ3v) is 4.99. The first-order valence-corrected chi connectivity index (χ1v) is 8.96. The monoisotopic (exact) mass is 345 g/mol. The molecule has 3 rings (SSSR count). The van der Waals surface area contributed by atoms with Crippen LogP contribution in [0.3, 0.4) is 0 Å². The van der Waals surface area contributed by atoms with Crippen molar-refractivity contribution in [3.63, 3.8) is 0 Å². The van der Waals surface area contributed by atoms with E-state index in [2.05, 4.69) is 19.2 Å². The highest BCUT2D eigenvalue weighted by atomic mass is 16.5. The van der Waals surface area contributed by atoms with Gasteiger partial charge in [-0.25, -0.2) is 4.79 Å². The number of urea groups is 1. The molecular formula is C19H27N3O3. The van der Waals surface area contributed by atoms with Crippen LogP contribution in [0.1, 0.15) is 26.7 Å². The number of rotatable bonds is 3. The zero-order chi connectivity index (χ0) is 18.0. The van der Waals surface area contributed by atoms with Gasteiger partial charge in [0.25, 0.3) is 0 Å². The van der Waals surface area contributed by atoms with Crippen molar-refractivity contribution in [3.8, 4) is 5.75 Å². The summed E-state index contributed by atoms with van der Waals surface area (Å²) in [6.45, 7) is 6.45. The summed E-state index contributed by atoms with van der Waals surface area (Å²) in [6, 6.07) is 7.22. The maximum Gasteiger partial charge on any atom is 0.317 e. The summed E-state index contributed by atoms with van der Waals surface area (Å²) in [4.78, 5) is 28.5. The minimum absolute atomic E-state index is 0.0378. The largest absolute Gasteiger partial charge is 0.497 e. The summed E-state index contributed by atoms with van der Waals surface area (Å²) < 4.78 is 5.15. The molecule has 2 aliphatic heterocycles. The fraction of sp³-hybridized carbons (Fsp3) is 0.579. The van der Waals surface area contributed by atoms with Gasteiger partial charge in [0.1, 0.15) is 5.75 Å². The molecule has 25 heavy (non-hydrogen) atoms. The molecule has 0 spiro atoms. The Morgan fingerprint density at radius 2 is 1.76 bits per heavy atom. The molecule has 3 atom stereocenters. The summed E-state index contributed by atoms with van der Waals surface area (Å²) in [7, 11) is 1.61. The molecule has 2 aliphatic rings. The number of nitrogens with zero attached hydrogens (tertiary/aromatic N) is 2. The predicted octanol–water partition coefficient (Wildman–Crippen LogP) is 2.49. The smallest absolute Gasteiger partial charge is 0.317 e. The van der Waals surface area contributed by atoms with E-state index in [-0.39, 0.29) is 18.0 Å². The number of benzene rings is 1. The summed E-state index contributed by atoms with van der Waals surface area (Å²) in [5.41, 5.74) is 0.836. The van der Waals surface area contributed by atoms with Crippen molar-refractivity contribution in [2.45, 2.75) is 32.7 Å². The molecule has 1 aromatic carbocycles. The lowest BCUT2D eigenvalue weighted by Crippen LogP contribution is -2.50. The molecule has 1 aromatic rings. The van der Waals surface area contributed by atoms with Crippen molar-refractivity contribution >= 4 is 17.6 Å². The maximum absolute atomic E-state index is 12.5. The molecule has 0 aromatic heterocycles. The van der Waals surface area contributed by atoms with E-state index in [0.717, 1.165) is 30.9 Å². The van der Waals surface area contributed by atoms with E-state index in [4.69, 9.17) is 4.74 Å². The molecule has 3 unspecified atom stereocenters. The number of hydrogen-bond acceptors (Lipinski definition) is 3. The van der Waals surface area contributed by atoms with Gasteiger partial charge in [-0.15, -0.1) is 0 Å². The molecule has 2 heterocycles. The van der Waals surface area contributed by atoms with E-state index in [9.17, 15) is 9.59 Å². The highest BCUT2D eigenvalue weighted by molar-refractivity contribution is 5.96. The standard InChI is InChI=1S/C19H27N3O3/c1-13-8-14(2)11-21(10-13)19(24)20-15-9-18(23)22(12-15)16-4-6-17(25-3)7-5-16/h4-7,13-15H,8-12H2,1-3H3,(H,20,24). The van der Waals surface area contributed by atoms with E-state index in [1.807, 2.05) is 29.2 Å². The number of anilines is 1. The molecule has 0 aliphatic carbocycles. The zero-order valence-electron chi connectivity index (χ0n) is 15.2. The van der Waals surface area contributed by atoms with Crippen LogP contribution >= 0.6 is 0 Å². The van der Waals surface area contributed by atoms with Crippen LogP contribution in [0.4, 0.5) is 10.5 Å². The van der Waals surface area contributed by atoms with E-state index in [1.54, 1.807) is 12.0 Å². The minimum Gasteiger partial charge on any atom is -0.497 e. The van der Waals surface area contributed by atoms with Crippen molar-refractivity contribution < 1.29 is 14.3 Å². The number of carbonyl (C=O) groups is 2. The molecule has 0 saturated carbocycles. The number of carbonyl (C=O) groups excluding carboxylic acids is 2. The molecule has 3 amide bonds. The number of nitrogens with one attached hydrogen (secondary N) is 1. The third-order valence-electron chi connectivity index (χ3n) is 4.99. The van der Waals surface area contributed by atoms with Crippen LogP contribution in [0.5, 0.6) is 5.75 Å². The van der Waals surface area contributed by atoms with Gasteiger partial charge in [-0.05, 0) is 42.5 Å². The van der Waals surface area contributed by atoms with Gasteiger partial charge in [0, 0.05) is 31.7 Å². The Labute approximate surface area is 149 Å². The third kappa shape index (κ3) is 4.06. The van der Waals surface area contributed by atoms with Gasteiger partial charge in [-0.2, -0.15) is 0 Å². The Morgan fingerprint density at radius 3 is 2.36 bits per heavy atom. The Hall–Kier alpha value is -2.24. The molecule has 136 valence electrons. The lowest BCUT2D eigenvalue weighted by Gasteiger charge is -2.35. The molecular weight excluding hydrogens is 318 g/mol. The number of hydrogen-bond donors (Lipinski definition) is 1. The number of amides is 3. The van der Waals surface area contributed by atoms with Gasteiger partial charge >= 0.3 is 6.03 Å². The quantitative estimate of drug-likeness (QED) is 0.915. The van der Waals surface area contributed by atoms with Crippen LogP contribution in [0, 0.1) is 11.8 Å². The SMILES string of the molecule is COc1ccc(N2CC(NC(=O)N3CC(C)CC(C)C3)CC2=O)cc1. The Balaban J connectivity index is 1.59. The second-order valence-corrected chi connectivity index (χ2v) is 7.40. The van der Waals surface area contributed by atoms with Crippen molar-refractivity contribution in [3.05, 3.63) is 24.3 Å². The fourth-order valence-electron chi connectivity index (χ4n) is 3.91. The average molecular weight is 345 g/mol. The zero-order valence-corrected chi connectivity index (χ0v) is 15.2. The molecule has 2 saturated heterocycles. The first-order chi connectivity index (χ1) is 12.0. The minimum atomic E-state index is -0.144. The van der Waals surface area contributed by atoms with Crippen molar-refractivity contribution in [2.24, 2.45) is 11.8 Å². The second-order valence-electron chi connectivity index (χ2n) is 7.40. The molecule has 6 nitrogen and oxygen atoms in total. The summed E-state index contributed by atoms with van der Waals surface area (Å²) >= 11 is 0. The summed E-state index contributed by atoms with van der Waals surface area (Å²) in [6.07, 6.45) is 1.51. The van der Waals surface area contributed by atoms with Crippen LogP contribution in [-0.4, -0.2) is 49.6 Å². The topological polar surface area (TPSA) is 61.9 Å². The normalized spacial score (nSPS) is 26.7. The Kier molecular flexibility index (Phi) is 5.16. The van der Waals surface area contributed by atoms with Crippen LogP contribution in [0.25, 0.3) is 0 Å². The van der Waals surface area contributed by atoms with Crippen LogP contribution in [0.2, 0.25) is 0 Å². The van der Waals surface area contributed by atoms with Gasteiger partial charge in [-0.3, -0.25) is 4.79 Å². The number of likely N-dealkylation sites (tertiary alicyclic amines) is 1. The molecule has 0 radical (unpaired) electrons. The van der Waals surface area contributed by atoms with Crippen molar-refractivity contribution in [1.29, 1.82) is 0 Å². The summed E-state index contributed by atoms with van der Waals surface area (Å²) in [5, 5.41) is 3.04. The van der Waals surface area contributed by atoms with E-state index in [0.29, 0.717) is 24.8 Å². The Bertz CT molecular complexity index is 621. The molecule has 1 N–H and O–H groups in total. The van der Waals surface area contributed by atoms with E-state index in [1.165, 1.54) is 0 Å². The summed E-state index contributed by atoms with van der Waals surface area (Å²) in [5.74, 6) is 1.84. The van der Waals surface area contributed by atoms with Gasteiger partial charge in [0.15, 0.2) is 0 Å². The molecule has 2 fully saturated rings. The molecule has 6 heteroatoms. The van der Waals surface area contributed by atoms with Crippen molar-refractivity contribution in [2.75, 3.05) is 31.6 Å². The molecule has 0 bridgehead atoms. The van der Waals surface area contributed by atoms with E-state index >= 15 is 0 Å². The number of piperidine rings is 1. The first kappa shape index (κ1) is 17.6. The van der Waals surface area contributed by atoms with Gasteiger partial charge in [0.2, 0.25) is 5.91 Å². The lowest BCUT2D eigenvalue weighted by atomic mass is 9.92. The number of methoxy groups -OCH3 is 1. The first-order valence-electron chi connectivity index (χ1n) is 8.96. The predicted molar refractivity (Wildman–Crippen MR) is 96.8 cm³/mol. The average Bonchev–Trinajstić information content (AvgIpc) is 2.94. The second kappa shape index (κ2) is 7.33. The lowest BCUT2D eigenvalue weighted by molar-refractivity contribution is -0.117. The van der Waals surface area contributed by atoms with Crippen molar-refractivity contribution in [1.82, 2.24) is 10.2 Å². The van der Waals surface area contributed by atoms with E-state index < -0.39 is 0 Å². The van der Waals surface area contributed by atoms with Crippen LogP contribution in [0.15, 0.2) is 24.3 Å². The van der Waals surface area contributed by atoms with Crippen LogP contribution < -0.4 is 15.0 Å². The van der Waals surface area contributed by atoms with Crippen LogP contribution in [-0.2, 0) is 4.79 Å². The fourth-order valence-corrected chi connectivity index (χ4v) is 3.91.